The Morgan fingerprint density at radius 1 is 1.11 bits per heavy atom. The maximum Gasteiger partial charge on any atom is 0.308 e. The number of rotatable bonds is 6. The molecule has 1 aliphatic rings. The molecular weight excluding hydrogens is 396 g/mol. The molecule has 28 heavy (non-hydrogen) atoms. The molecule has 1 fully saturated rings. The van der Waals surface area contributed by atoms with Crippen molar-refractivity contribution >= 4 is 28.6 Å². The van der Waals surface area contributed by atoms with E-state index in [1.54, 1.807) is 12.1 Å². The molecule has 0 radical (unpaired) electrons. The van der Waals surface area contributed by atoms with Gasteiger partial charge in [0.15, 0.2) is 0 Å². The summed E-state index contributed by atoms with van der Waals surface area (Å²) < 4.78 is 20.0. The predicted octanol–water partition coefficient (Wildman–Crippen LogP) is 3.56. The zero-order chi connectivity index (χ0) is 20.1. The number of ether oxygens (including phenoxy) is 1. The van der Waals surface area contributed by atoms with Gasteiger partial charge in [-0.3, -0.25) is 9.69 Å². The Morgan fingerprint density at radius 3 is 2.43 bits per heavy atom. The van der Waals surface area contributed by atoms with E-state index in [2.05, 4.69) is 17.0 Å². The number of halogens is 1. The topological polar surface area (TPSA) is 49.9 Å². The number of carbonyl (C=O) groups excluding carboxylic acids is 1. The van der Waals surface area contributed by atoms with Gasteiger partial charge in [-0.15, -0.1) is 0 Å². The molecule has 0 aromatic heterocycles. The fourth-order valence-electron chi connectivity index (χ4n) is 3.18. The molecule has 1 aliphatic heterocycles. The summed E-state index contributed by atoms with van der Waals surface area (Å²) in [6.07, 6.45) is 0. The summed E-state index contributed by atoms with van der Waals surface area (Å²) in [6.45, 7) is 7.15. The van der Waals surface area contributed by atoms with Crippen LogP contribution in [-0.2, 0) is 28.1 Å². The molecule has 2 aromatic rings. The van der Waals surface area contributed by atoms with Gasteiger partial charge in [0, 0.05) is 50.2 Å². The molecule has 7 heteroatoms. The van der Waals surface area contributed by atoms with Gasteiger partial charge < -0.3 is 4.74 Å². The van der Waals surface area contributed by atoms with E-state index in [-0.39, 0.29) is 5.97 Å². The molecule has 1 unspecified atom stereocenters. The van der Waals surface area contributed by atoms with Crippen LogP contribution in [0.25, 0.3) is 0 Å². The van der Waals surface area contributed by atoms with Crippen LogP contribution < -0.4 is 4.74 Å². The third kappa shape index (κ3) is 5.88. The van der Waals surface area contributed by atoms with Gasteiger partial charge in [-0.2, -0.15) is 0 Å². The highest BCUT2D eigenvalue weighted by atomic mass is 35.5. The van der Waals surface area contributed by atoms with Gasteiger partial charge >= 0.3 is 5.97 Å². The van der Waals surface area contributed by atoms with Gasteiger partial charge in [-0.25, -0.2) is 8.51 Å². The summed E-state index contributed by atoms with van der Waals surface area (Å²) in [7, 11) is -1.03. The Bertz CT molecular complexity index is 849. The Hall–Kier alpha value is -1.73. The van der Waals surface area contributed by atoms with Gasteiger partial charge in [-0.1, -0.05) is 41.4 Å². The van der Waals surface area contributed by atoms with Crippen LogP contribution in [0.1, 0.15) is 23.6 Å². The molecule has 0 amide bonds. The number of hydrogen-bond acceptors (Lipinski definition) is 4. The number of piperazine rings is 1. The number of carbonyl (C=O) groups is 1. The molecule has 0 saturated carbocycles. The zero-order valence-corrected chi connectivity index (χ0v) is 17.8. The monoisotopic (exact) mass is 420 g/mol. The van der Waals surface area contributed by atoms with E-state index in [1.807, 2.05) is 29.4 Å². The highest BCUT2D eigenvalue weighted by molar-refractivity contribution is 7.81. The van der Waals surface area contributed by atoms with Crippen molar-refractivity contribution in [2.45, 2.75) is 26.1 Å². The summed E-state index contributed by atoms with van der Waals surface area (Å²) >= 11 is 6.12. The SMILES string of the molecule is CC(=O)Oc1ccc(Cl)cc1CN1CCN(S(=O)Cc2ccc(C)cc2)CC1. The smallest absolute Gasteiger partial charge is 0.308 e. The maximum atomic E-state index is 12.7. The van der Waals surface area contributed by atoms with Crippen LogP contribution in [0, 0.1) is 6.92 Å². The van der Waals surface area contributed by atoms with Gasteiger partial charge in [0.2, 0.25) is 0 Å². The number of benzene rings is 2. The molecule has 2 aromatic carbocycles. The Kier molecular flexibility index (Phi) is 7.24. The molecule has 0 N–H and O–H groups in total. The Morgan fingerprint density at radius 2 is 1.79 bits per heavy atom. The third-order valence-electron chi connectivity index (χ3n) is 4.70. The molecule has 0 spiro atoms. The molecule has 1 saturated heterocycles. The number of esters is 1. The van der Waals surface area contributed by atoms with Crippen molar-refractivity contribution in [1.82, 2.24) is 9.21 Å². The molecule has 0 aliphatic carbocycles. The molecule has 1 heterocycles. The second-order valence-corrected chi connectivity index (χ2v) is 8.89. The van der Waals surface area contributed by atoms with Crippen molar-refractivity contribution in [3.8, 4) is 5.75 Å². The van der Waals surface area contributed by atoms with Crippen molar-refractivity contribution in [3.63, 3.8) is 0 Å². The highest BCUT2D eigenvalue weighted by Gasteiger charge is 2.22. The largest absolute Gasteiger partial charge is 0.426 e. The lowest BCUT2D eigenvalue weighted by Gasteiger charge is -2.34. The van der Waals surface area contributed by atoms with E-state index in [0.29, 0.717) is 23.1 Å². The summed E-state index contributed by atoms with van der Waals surface area (Å²) in [4.78, 5) is 13.6. The Labute approximate surface area is 173 Å². The van der Waals surface area contributed by atoms with E-state index in [0.717, 1.165) is 37.3 Å². The van der Waals surface area contributed by atoms with E-state index < -0.39 is 11.0 Å². The minimum atomic E-state index is -1.03. The van der Waals surface area contributed by atoms with Crippen LogP contribution in [0.2, 0.25) is 5.02 Å². The van der Waals surface area contributed by atoms with Crippen molar-refractivity contribution in [2.24, 2.45) is 0 Å². The minimum Gasteiger partial charge on any atom is -0.426 e. The summed E-state index contributed by atoms with van der Waals surface area (Å²) in [6, 6.07) is 13.5. The summed E-state index contributed by atoms with van der Waals surface area (Å²) in [5, 5.41) is 0.615. The Balaban J connectivity index is 1.55. The lowest BCUT2D eigenvalue weighted by atomic mass is 10.1. The van der Waals surface area contributed by atoms with Crippen molar-refractivity contribution in [1.29, 1.82) is 0 Å². The van der Waals surface area contributed by atoms with E-state index in [9.17, 15) is 9.00 Å². The average Bonchev–Trinajstić information content (AvgIpc) is 2.66. The first-order valence-corrected chi connectivity index (χ1v) is 10.9. The van der Waals surface area contributed by atoms with Gasteiger partial charge in [-0.05, 0) is 30.7 Å². The van der Waals surface area contributed by atoms with Crippen LogP contribution in [0.15, 0.2) is 42.5 Å². The van der Waals surface area contributed by atoms with Crippen LogP contribution in [0.3, 0.4) is 0 Å². The minimum absolute atomic E-state index is 0.347. The fourth-order valence-corrected chi connectivity index (χ4v) is 4.60. The van der Waals surface area contributed by atoms with E-state index >= 15 is 0 Å². The number of hydrogen-bond donors (Lipinski definition) is 0. The van der Waals surface area contributed by atoms with E-state index in [1.165, 1.54) is 12.5 Å². The third-order valence-corrected chi connectivity index (χ3v) is 6.46. The van der Waals surface area contributed by atoms with Crippen LogP contribution in [0.4, 0.5) is 0 Å². The number of aryl methyl sites for hydroxylation is 1. The molecule has 3 rings (SSSR count). The molecule has 0 bridgehead atoms. The number of nitrogens with zero attached hydrogens (tertiary/aromatic N) is 2. The van der Waals surface area contributed by atoms with Crippen LogP contribution in [-0.4, -0.2) is 45.6 Å². The predicted molar refractivity (Wildman–Crippen MR) is 113 cm³/mol. The van der Waals surface area contributed by atoms with Crippen LogP contribution >= 0.6 is 11.6 Å². The summed E-state index contributed by atoms with van der Waals surface area (Å²) in [5.74, 6) is 0.743. The van der Waals surface area contributed by atoms with Crippen molar-refractivity contribution < 1.29 is 13.7 Å². The fraction of sp³-hybridized carbons (Fsp3) is 0.381. The highest BCUT2D eigenvalue weighted by Crippen LogP contribution is 2.25. The first-order valence-electron chi connectivity index (χ1n) is 9.29. The summed E-state index contributed by atoms with van der Waals surface area (Å²) in [5.41, 5.74) is 3.19. The standard InChI is InChI=1S/C21H25ClN2O3S/c1-16-3-5-18(6-4-16)15-28(26)24-11-9-23(10-12-24)14-19-13-20(22)7-8-21(19)27-17(2)25/h3-8,13H,9-12,14-15H2,1-2H3. The zero-order valence-electron chi connectivity index (χ0n) is 16.2. The quantitative estimate of drug-likeness (QED) is 0.529. The lowest BCUT2D eigenvalue weighted by molar-refractivity contribution is -0.131. The first kappa shape index (κ1) is 21.0. The second-order valence-electron chi connectivity index (χ2n) is 7.00. The van der Waals surface area contributed by atoms with Gasteiger partial charge in [0.05, 0.1) is 16.7 Å². The van der Waals surface area contributed by atoms with Gasteiger partial charge in [0.1, 0.15) is 5.75 Å². The maximum absolute atomic E-state index is 12.7. The first-order chi connectivity index (χ1) is 13.4. The normalized spacial score (nSPS) is 16.7. The molecule has 1 atom stereocenters. The molecule has 5 nitrogen and oxygen atoms in total. The van der Waals surface area contributed by atoms with Crippen molar-refractivity contribution in [2.75, 3.05) is 26.2 Å². The van der Waals surface area contributed by atoms with Crippen molar-refractivity contribution in [3.05, 3.63) is 64.2 Å². The average molecular weight is 421 g/mol. The van der Waals surface area contributed by atoms with E-state index in [4.69, 9.17) is 16.3 Å². The lowest BCUT2D eigenvalue weighted by Crippen LogP contribution is -2.46. The second kappa shape index (κ2) is 9.65. The molecular formula is C21H25ClN2O3S. The van der Waals surface area contributed by atoms with Gasteiger partial charge in [0.25, 0.3) is 0 Å². The molecule has 150 valence electrons. The van der Waals surface area contributed by atoms with Crippen LogP contribution in [0.5, 0.6) is 5.75 Å².